The quantitative estimate of drug-likeness (QED) is 0.0848. The first-order valence-corrected chi connectivity index (χ1v) is 25.1. The van der Waals surface area contributed by atoms with E-state index in [1.165, 1.54) is 30.2 Å². The van der Waals surface area contributed by atoms with Crippen LogP contribution in [0.5, 0.6) is 23.0 Å². The van der Waals surface area contributed by atoms with Crippen molar-refractivity contribution in [3.63, 3.8) is 0 Å². The van der Waals surface area contributed by atoms with Crippen LogP contribution in [-0.4, -0.2) is 96.4 Å². The number of piperidine rings is 1. The van der Waals surface area contributed by atoms with Gasteiger partial charge in [0.05, 0.1) is 46.4 Å². The number of carbonyl (C=O) groups excluding carboxylic acids is 1. The molecule has 5 heterocycles. The molecule has 16 nitrogen and oxygen atoms in total. The van der Waals surface area contributed by atoms with E-state index in [1.54, 1.807) is 37.4 Å². The van der Waals surface area contributed by atoms with Gasteiger partial charge in [0, 0.05) is 61.1 Å². The first-order valence-electron chi connectivity index (χ1n) is 23.6. The van der Waals surface area contributed by atoms with E-state index in [4.69, 9.17) is 18.9 Å². The molecule has 3 saturated carbocycles. The Hall–Kier alpha value is -5.75. The summed E-state index contributed by atoms with van der Waals surface area (Å²) in [7, 11) is -4.69. The van der Waals surface area contributed by atoms with Gasteiger partial charge >= 0.3 is 5.69 Å². The van der Waals surface area contributed by atoms with E-state index in [2.05, 4.69) is 48.8 Å². The van der Waals surface area contributed by atoms with Gasteiger partial charge in [0.1, 0.15) is 29.9 Å². The fourth-order valence-electron chi connectivity index (χ4n) is 11.3. The molecule has 3 aromatic carbocycles. The number of nitrogens with zero attached hydrogens (tertiary/aromatic N) is 4. The lowest BCUT2D eigenvalue weighted by molar-refractivity contribution is -0.386. The summed E-state index contributed by atoms with van der Waals surface area (Å²) < 4.78 is 54.5. The number of pyridine rings is 1. The van der Waals surface area contributed by atoms with Gasteiger partial charge in [0.2, 0.25) is 5.75 Å². The minimum atomic E-state index is -4.69. The molecule has 0 unspecified atom stereocenters. The van der Waals surface area contributed by atoms with Crippen molar-refractivity contribution in [3.05, 3.63) is 106 Å². The van der Waals surface area contributed by atoms with Crippen molar-refractivity contribution in [2.24, 2.45) is 11.3 Å². The van der Waals surface area contributed by atoms with Gasteiger partial charge in [-0.2, -0.15) is 0 Å². The van der Waals surface area contributed by atoms with E-state index in [1.807, 2.05) is 6.07 Å². The predicted molar refractivity (Wildman–Crippen MR) is 248 cm³/mol. The van der Waals surface area contributed by atoms with E-state index < -0.39 is 43.1 Å². The Kier molecular flexibility index (Phi) is 11.2. The maximum Gasteiger partial charge on any atom is 0.316 e. The van der Waals surface area contributed by atoms with Crippen molar-refractivity contribution in [2.75, 3.05) is 44.4 Å². The van der Waals surface area contributed by atoms with Crippen molar-refractivity contribution in [1.29, 1.82) is 0 Å². The predicted octanol–water partition coefficient (Wildman–Crippen LogP) is 8.16. The monoisotopic (exact) mass is 932 g/mol. The van der Waals surface area contributed by atoms with Crippen molar-refractivity contribution < 1.29 is 42.2 Å². The smallest absolute Gasteiger partial charge is 0.316 e. The number of sulfonamides is 1. The van der Waals surface area contributed by atoms with Crippen LogP contribution >= 0.6 is 0 Å². The van der Waals surface area contributed by atoms with Gasteiger partial charge < -0.3 is 33.9 Å². The van der Waals surface area contributed by atoms with Gasteiger partial charge in [-0.15, -0.1) is 0 Å². The van der Waals surface area contributed by atoms with E-state index in [0.29, 0.717) is 49.0 Å². The van der Waals surface area contributed by atoms with Crippen molar-refractivity contribution in [2.45, 2.75) is 106 Å². The number of nitro groups is 1. The molecular formula is C50H56N6O10S. The van der Waals surface area contributed by atoms with Crippen molar-refractivity contribution in [3.8, 4) is 23.0 Å². The summed E-state index contributed by atoms with van der Waals surface area (Å²) in [5.41, 5.74) is 3.25. The maximum absolute atomic E-state index is 14.1. The second-order valence-corrected chi connectivity index (χ2v) is 21.6. The second-order valence-electron chi connectivity index (χ2n) is 19.9. The van der Waals surface area contributed by atoms with E-state index in [-0.39, 0.29) is 46.8 Å². The SMILES string of the molecule is C[C@]1(O)CC[C@H]([C@@H]2COc3cc(S(=O)(=O)NC(=O)c4ccc(N5CCC6(CC5)CC(N5CCOC[C@@H]5c5ccccc5C5CC5)C6)cc4Oc4cnc5[nH]ccc5c4)cc([N+](=O)[O-])c3O2)CC1. The zero-order chi connectivity index (χ0) is 46.1. The second kappa shape index (κ2) is 17.1. The number of nitro benzene ring substituents is 1. The van der Waals surface area contributed by atoms with Crippen LogP contribution in [0.3, 0.4) is 0 Å². The molecule has 3 aliphatic carbocycles. The summed E-state index contributed by atoms with van der Waals surface area (Å²) in [5, 5.41) is 23.6. The third-order valence-corrected chi connectivity index (χ3v) is 16.7. The maximum atomic E-state index is 14.1. The number of rotatable bonds is 11. The molecule has 67 heavy (non-hydrogen) atoms. The standard InChI is InChI=1S/C50H56N6O10S/c1-49(58)13-10-32(11-14-49)45-30-64-44-25-37(24-41(56(59)60)46(44)66-45)67(61,62)53-48(57)40-9-8-34(23-43(40)65-36-22-33-12-17-51-47(33)52-28-36)54-18-15-50(16-19-54)26-35(27-50)55-20-21-63-29-42(55)39-5-3-2-4-38(39)31-6-7-31/h2-5,8-9,12,17,22-25,28,31-32,35,42,45,58H,6-7,10-11,13-16,18-21,26-27,29-30H2,1H3,(H,51,52)(H,53,57)/t32-,42-,45+,49-/m1/s1. The molecule has 5 fully saturated rings. The summed E-state index contributed by atoms with van der Waals surface area (Å²) >= 11 is 0. The number of carbonyl (C=O) groups is 1. The summed E-state index contributed by atoms with van der Waals surface area (Å²) in [6.07, 6.45) is 12.1. The minimum Gasteiger partial charge on any atom is -0.485 e. The molecule has 11 rings (SSSR count). The summed E-state index contributed by atoms with van der Waals surface area (Å²) in [6, 6.07) is 20.5. The largest absolute Gasteiger partial charge is 0.485 e. The molecule has 2 aromatic heterocycles. The zero-order valence-corrected chi connectivity index (χ0v) is 38.3. The fraction of sp³-hybridized carbons (Fsp3) is 0.480. The summed E-state index contributed by atoms with van der Waals surface area (Å²) in [5.74, 6) is -0.113. The Morgan fingerprint density at radius 1 is 0.970 bits per heavy atom. The molecule has 1 amide bonds. The Morgan fingerprint density at radius 2 is 1.75 bits per heavy atom. The lowest BCUT2D eigenvalue weighted by Gasteiger charge is -2.57. The van der Waals surface area contributed by atoms with Crippen LogP contribution < -0.4 is 23.8 Å². The molecule has 0 radical (unpaired) electrons. The molecular weight excluding hydrogens is 877 g/mol. The van der Waals surface area contributed by atoms with E-state index >= 15 is 0 Å². The summed E-state index contributed by atoms with van der Waals surface area (Å²) in [6.45, 7) is 5.89. The first-order chi connectivity index (χ1) is 32.3. The highest BCUT2D eigenvalue weighted by atomic mass is 32.2. The molecule has 6 aliphatic rings. The number of anilines is 1. The molecule has 352 valence electrons. The number of aromatic amines is 1. The van der Waals surface area contributed by atoms with Gasteiger partial charge in [-0.3, -0.25) is 19.8 Å². The van der Waals surface area contributed by atoms with Gasteiger partial charge in [0.15, 0.2) is 5.75 Å². The zero-order valence-electron chi connectivity index (χ0n) is 37.5. The van der Waals surface area contributed by atoms with Crippen molar-refractivity contribution in [1.82, 2.24) is 19.6 Å². The molecule has 2 saturated heterocycles. The number of benzene rings is 3. The average molecular weight is 933 g/mol. The number of H-pyrrole nitrogens is 1. The van der Waals surface area contributed by atoms with Crippen LogP contribution in [0, 0.1) is 21.4 Å². The Morgan fingerprint density at radius 3 is 2.51 bits per heavy atom. The highest BCUT2D eigenvalue weighted by molar-refractivity contribution is 7.90. The molecule has 0 bridgehead atoms. The lowest BCUT2D eigenvalue weighted by Crippen LogP contribution is -2.58. The minimum absolute atomic E-state index is 0.00394. The average Bonchev–Trinajstić information content (AvgIpc) is 4.06. The van der Waals surface area contributed by atoms with Crippen LogP contribution in [0.2, 0.25) is 0 Å². The number of morpholine rings is 1. The van der Waals surface area contributed by atoms with Gasteiger partial charge in [-0.25, -0.2) is 18.1 Å². The lowest BCUT2D eigenvalue weighted by atomic mass is 9.59. The number of hydrogen-bond donors (Lipinski definition) is 3. The van der Waals surface area contributed by atoms with Gasteiger partial charge in [0.25, 0.3) is 15.9 Å². The number of aromatic nitrogens is 2. The van der Waals surface area contributed by atoms with Crippen LogP contribution in [0.15, 0.2) is 84.0 Å². The fourth-order valence-corrected chi connectivity index (χ4v) is 12.3. The Balaban J connectivity index is 0.802. The number of ether oxygens (including phenoxy) is 4. The van der Waals surface area contributed by atoms with Gasteiger partial charge in [-0.1, -0.05) is 24.3 Å². The third kappa shape index (κ3) is 8.70. The molecule has 5 aromatic rings. The first kappa shape index (κ1) is 43.8. The van der Waals surface area contributed by atoms with E-state index in [9.17, 15) is 28.4 Å². The highest BCUT2D eigenvalue weighted by Gasteiger charge is 2.50. The number of amides is 1. The number of nitrogens with one attached hydrogen (secondary N) is 2. The van der Waals surface area contributed by atoms with Crippen LogP contribution in [0.25, 0.3) is 11.0 Å². The van der Waals surface area contributed by atoms with Crippen molar-refractivity contribution >= 4 is 38.3 Å². The van der Waals surface area contributed by atoms with Gasteiger partial charge in [-0.05, 0) is 124 Å². The topological polar surface area (TPSA) is 199 Å². The third-order valence-electron chi connectivity index (χ3n) is 15.4. The van der Waals surface area contributed by atoms with E-state index in [0.717, 1.165) is 81.7 Å². The van der Waals surface area contributed by atoms with Crippen LogP contribution in [0.1, 0.15) is 105 Å². The number of hydrogen-bond acceptors (Lipinski definition) is 13. The Labute approximate surface area is 389 Å². The molecule has 17 heteroatoms. The highest BCUT2D eigenvalue weighted by Crippen LogP contribution is 2.54. The van der Waals surface area contributed by atoms with Crippen LogP contribution in [-0.2, 0) is 14.8 Å². The van der Waals surface area contributed by atoms with Crippen LogP contribution in [0.4, 0.5) is 11.4 Å². The normalized spacial score (nSPS) is 25.4. The number of fused-ring (bicyclic) bond motifs is 2. The summed E-state index contributed by atoms with van der Waals surface area (Å²) in [4.78, 5) is 37.7. The molecule has 1 spiro atoms. The Bertz CT molecular complexity index is 2820. The number of aliphatic hydroxyl groups is 1. The molecule has 3 N–H and O–H groups in total. The molecule has 2 atom stereocenters. The molecule has 3 aliphatic heterocycles.